The molecule has 0 amide bonds. The van der Waals surface area contributed by atoms with Crippen LogP contribution < -0.4 is 10.5 Å². The van der Waals surface area contributed by atoms with Crippen LogP contribution >= 0.6 is 11.3 Å². The first-order chi connectivity index (χ1) is 7.81. The van der Waals surface area contributed by atoms with Crippen molar-refractivity contribution < 1.29 is 4.74 Å². The van der Waals surface area contributed by atoms with Gasteiger partial charge in [0.2, 0.25) is 5.88 Å². The molecule has 0 radical (unpaired) electrons. The molecule has 0 atom stereocenters. The maximum Gasteiger partial charge on any atom is 0.212 e. The molecule has 0 fully saturated rings. The molecule has 5 heteroatoms. The molecule has 0 bridgehead atoms. The molecule has 2 rings (SSSR count). The lowest BCUT2D eigenvalue weighted by molar-refractivity contribution is 0.397. The van der Waals surface area contributed by atoms with Crippen LogP contribution in [0, 0.1) is 0 Å². The third-order valence-electron chi connectivity index (χ3n) is 2.16. The summed E-state index contributed by atoms with van der Waals surface area (Å²) in [6, 6.07) is 3.85. The van der Waals surface area contributed by atoms with Crippen molar-refractivity contribution in [2.24, 2.45) is 5.73 Å². The first-order valence-electron chi connectivity index (χ1n) is 4.94. The zero-order valence-corrected chi connectivity index (χ0v) is 9.83. The van der Waals surface area contributed by atoms with Crippen LogP contribution in [0.2, 0.25) is 0 Å². The second-order valence-corrected chi connectivity index (χ2v) is 4.51. The van der Waals surface area contributed by atoms with Gasteiger partial charge < -0.3 is 10.5 Å². The van der Waals surface area contributed by atoms with Gasteiger partial charge in [-0.05, 0) is 5.56 Å². The highest BCUT2D eigenvalue weighted by Crippen LogP contribution is 2.17. The molecule has 2 heterocycles. The number of nitrogens with two attached hydrogens (primary N) is 1. The zero-order valence-electron chi connectivity index (χ0n) is 9.01. The molecule has 2 N–H and O–H groups in total. The topological polar surface area (TPSA) is 61.0 Å². The molecule has 2 aromatic heterocycles. The van der Waals surface area contributed by atoms with Crippen molar-refractivity contribution in [3.05, 3.63) is 40.0 Å². The molecular formula is C11H13N3OS. The number of aromatic nitrogens is 2. The van der Waals surface area contributed by atoms with Gasteiger partial charge in [0.1, 0.15) is 0 Å². The van der Waals surface area contributed by atoms with Crippen LogP contribution in [0.5, 0.6) is 5.88 Å². The van der Waals surface area contributed by atoms with Crippen molar-refractivity contribution in [1.29, 1.82) is 0 Å². The van der Waals surface area contributed by atoms with E-state index < -0.39 is 0 Å². The monoisotopic (exact) mass is 235 g/mol. The second-order valence-electron chi connectivity index (χ2n) is 3.31. The molecular weight excluding hydrogens is 222 g/mol. The summed E-state index contributed by atoms with van der Waals surface area (Å²) in [5.41, 5.74) is 6.66. The average molecular weight is 235 g/mol. The van der Waals surface area contributed by atoms with E-state index in [0.29, 0.717) is 12.4 Å². The van der Waals surface area contributed by atoms with E-state index in [0.717, 1.165) is 21.9 Å². The summed E-state index contributed by atoms with van der Waals surface area (Å²) in [6.45, 7) is 0.554. The summed E-state index contributed by atoms with van der Waals surface area (Å²) in [5.74, 6) is 0.630. The third-order valence-corrected chi connectivity index (χ3v) is 3.18. The third kappa shape index (κ3) is 2.56. The lowest BCUT2D eigenvalue weighted by Gasteiger charge is -2.00. The summed E-state index contributed by atoms with van der Waals surface area (Å²) in [7, 11) is 1.61. The first-order valence-corrected chi connectivity index (χ1v) is 5.76. The predicted molar refractivity (Wildman–Crippen MR) is 63.6 cm³/mol. The Bertz CT molecular complexity index is 453. The van der Waals surface area contributed by atoms with Gasteiger partial charge in [-0.15, -0.1) is 11.3 Å². The second kappa shape index (κ2) is 5.05. The Kier molecular flexibility index (Phi) is 3.48. The number of pyridine rings is 1. The molecule has 4 nitrogen and oxygen atoms in total. The van der Waals surface area contributed by atoms with Gasteiger partial charge in [0.25, 0.3) is 0 Å². The summed E-state index contributed by atoms with van der Waals surface area (Å²) in [6.07, 6.45) is 4.43. The highest BCUT2D eigenvalue weighted by Gasteiger charge is 2.03. The maximum atomic E-state index is 5.54. The SMILES string of the molecule is COc1ccc(Cc2ncc(CN)s2)cn1. The van der Waals surface area contributed by atoms with Gasteiger partial charge in [0.05, 0.1) is 12.1 Å². The van der Waals surface area contributed by atoms with Gasteiger partial charge in [-0.3, -0.25) is 0 Å². The quantitative estimate of drug-likeness (QED) is 0.874. The minimum Gasteiger partial charge on any atom is -0.481 e. The van der Waals surface area contributed by atoms with Crippen LogP contribution in [0.25, 0.3) is 0 Å². The minimum atomic E-state index is 0.554. The maximum absolute atomic E-state index is 5.54. The Morgan fingerprint density at radius 2 is 2.19 bits per heavy atom. The van der Waals surface area contributed by atoms with E-state index in [1.165, 1.54) is 0 Å². The van der Waals surface area contributed by atoms with Crippen LogP contribution in [-0.2, 0) is 13.0 Å². The van der Waals surface area contributed by atoms with Gasteiger partial charge in [0, 0.05) is 36.3 Å². The van der Waals surface area contributed by atoms with Gasteiger partial charge in [-0.2, -0.15) is 0 Å². The molecule has 16 heavy (non-hydrogen) atoms. The van der Waals surface area contributed by atoms with Gasteiger partial charge in [0.15, 0.2) is 0 Å². The van der Waals surface area contributed by atoms with E-state index in [4.69, 9.17) is 10.5 Å². The molecule has 2 aromatic rings. The summed E-state index contributed by atoms with van der Waals surface area (Å²) in [4.78, 5) is 9.56. The van der Waals surface area contributed by atoms with Crippen molar-refractivity contribution in [3.63, 3.8) is 0 Å². The standard InChI is InChI=1S/C11H13N3OS/c1-15-10-3-2-8(6-13-10)4-11-14-7-9(5-12)16-11/h2-3,6-7H,4-5,12H2,1H3. The van der Waals surface area contributed by atoms with E-state index in [-0.39, 0.29) is 0 Å². The Morgan fingerprint density at radius 1 is 1.31 bits per heavy atom. The van der Waals surface area contributed by atoms with E-state index in [1.54, 1.807) is 18.4 Å². The zero-order chi connectivity index (χ0) is 11.4. The Balaban J connectivity index is 2.08. The van der Waals surface area contributed by atoms with Crippen LogP contribution in [0.1, 0.15) is 15.4 Å². The molecule has 0 spiro atoms. The fourth-order valence-corrected chi connectivity index (χ4v) is 2.17. The largest absolute Gasteiger partial charge is 0.481 e. The smallest absolute Gasteiger partial charge is 0.212 e. The van der Waals surface area contributed by atoms with Crippen molar-refractivity contribution in [2.75, 3.05) is 7.11 Å². The van der Waals surface area contributed by atoms with Crippen LogP contribution in [0.3, 0.4) is 0 Å². The first kappa shape index (κ1) is 11.0. The number of methoxy groups -OCH3 is 1. The van der Waals surface area contributed by atoms with Crippen molar-refractivity contribution in [3.8, 4) is 5.88 Å². The van der Waals surface area contributed by atoms with Crippen LogP contribution in [-0.4, -0.2) is 17.1 Å². The number of rotatable bonds is 4. The van der Waals surface area contributed by atoms with Gasteiger partial charge in [-0.25, -0.2) is 9.97 Å². The van der Waals surface area contributed by atoms with E-state index in [9.17, 15) is 0 Å². The van der Waals surface area contributed by atoms with Crippen LogP contribution in [0.4, 0.5) is 0 Å². The highest BCUT2D eigenvalue weighted by atomic mass is 32.1. The Morgan fingerprint density at radius 3 is 2.75 bits per heavy atom. The van der Waals surface area contributed by atoms with E-state index >= 15 is 0 Å². The lowest BCUT2D eigenvalue weighted by atomic mass is 10.2. The molecule has 0 aliphatic heterocycles. The Hall–Kier alpha value is -1.46. The predicted octanol–water partition coefficient (Wildman–Crippen LogP) is 1.60. The number of nitrogens with zero attached hydrogens (tertiary/aromatic N) is 2. The fourth-order valence-electron chi connectivity index (χ4n) is 1.33. The Labute approximate surface area is 98.1 Å². The molecule has 0 saturated carbocycles. The molecule has 0 unspecified atom stereocenters. The van der Waals surface area contributed by atoms with Crippen molar-refractivity contribution in [1.82, 2.24) is 9.97 Å². The van der Waals surface area contributed by atoms with E-state index in [2.05, 4.69) is 9.97 Å². The fraction of sp³-hybridized carbons (Fsp3) is 0.273. The van der Waals surface area contributed by atoms with Crippen molar-refractivity contribution in [2.45, 2.75) is 13.0 Å². The molecule has 0 aromatic carbocycles. The lowest BCUT2D eigenvalue weighted by Crippen LogP contribution is -1.91. The minimum absolute atomic E-state index is 0.554. The van der Waals surface area contributed by atoms with Crippen molar-refractivity contribution >= 4 is 11.3 Å². The van der Waals surface area contributed by atoms with E-state index in [1.807, 2.05) is 24.5 Å². The number of thiazole rings is 1. The average Bonchev–Trinajstić information content (AvgIpc) is 2.78. The summed E-state index contributed by atoms with van der Waals surface area (Å²) >= 11 is 1.64. The molecule has 0 aliphatic rings. The molecule has 0 saturated heterocycles. The highest BCUT2D eigenvalue weighted by molar-refractivity contribution is 7.11. The number of hydrogen-bond donors (Lipinski definition) is 1. The van der Waals surface area contributed by atoms with Gasteiger partial charge in [-0.1, -0.05) is 6.07 Å². The van der Waals surface area contributed by atoms with Crippen LogP contribution in [0.15, 0.2) is 24.5 Å². The summed E-state index contributed by atoms with van der Waals surface area (Å²) < 4.78 is 5.00. The molecule has 0 aliphatic carbocycles. The normalized spacial score (nSPS) is 10.4. The number of ether oxygens (including phenoxy) is 1. The van der Waals surface area contributed by atoms with Gasteiger partial charge >= 0.3 is 0 Å². The molecule has 84 valence electrons. The number of hydrogen-bond acceptors (Lipinski definition) is 5. The summed E-state index contributed by atoms with van der Waals surface area (Å²) in [5, 5.41) is 1.06.